The van der Waals surface area contributed by atoms with Crippen LogP contribution in [0.1, 0.15) is 0 Å². The van der Waals surface area contributed by atoms with Crippen molar-refractivity contribution in [1.29, 1.82) is 0 Å². The zero-order chi connectivity index (χ0) is 14.8. The van der Waals surface area contributed by atoms with Crippen LogP contribution in [0.15, 0.2) is 47.0 Å². The summed E-state index contributed by atoms with van der Waals surface area (Å²) in [6, 6.07) is 11.9. The summed E-state index contributed by atoms with van der Waals surface area (Å²) >= 11 is 0. The molecule has 0 amide bonds. The molecule has 106 valence electrons. The third-order valence-corrected chi connectivity index (χ3v) is 3.08. The Morgan fingerprint density at radius 3 is 2.33 bits per heavy atom. The largest absolute Gasteiger partial charge is 0.504 e. The molecule has 3 rings (SSSR count). The van der Waals surface area contributed by atoms with E-state index in [1.165, 1.54) is 12.1 Å². The molecular formula is C15H13N3O3. The average Bonchev–Trinajstić information content (AvgIpc) is 3.00. The van der Waals surface area contributed by atoms with Crippen LogP contribution in [0.3, 0.4) is 0 Å². The minimum Gasteiger partial charge on any atom is -0.504 e. The van der Waals surface area contributed by atoms with E-state index >= 15 is 0 Å². The second-order valence-corrected chi connectivity index (χ2v) is 4.45. The lowest BCUT2D eigenvalue weighted by molar-refractivity contribution is 0.404. The Kier molecular flexibility index (Phi) is 3.19. The Morgan fingerprint density at radius 2 is 1.67 bits per heavy atom. The molecule has 3 aromatic rings. The van der Waals surface area contributed by atoms with Gasteiger partial charge in [0.15, 0.2) is 11.5 Å². The fourth-order valence-corrected chi connectivity index (χ4v) is 1.90. The van der Waals surface area contributed by atoms with Crippen LogP contribution < -0.4 is 5.32 Å². The van der Waals surface area contributed by atoms with Gasteiger partial charge in [0.1, 0.15) is 0 Å². The number of anilines is 1. The van der Waals surface area contributed by atoms with Crippen molar-refractivity contribution in [2.45, 2.75) is 0 Å². The summed E-state index contributed by atoms with van der Waals surface area (Å²) in [5, 5.41) is 25.7. The summed E-state index contributed by atoms with van der Waals surface area (Å²) < 4.78 is 5.22. The SMILES string of the molecule is CNc1ccc(-c2nc(-c3ccc(O)c(O)c3)no2)cc1. The highest BCUT2D eigenvalue weighted by Crippen LogP contribution is 2.30. The average molecular weight is 283 g/mol. The Labute approximate surface area is 120 Å². The molecule has 3 N–H and O–H groups in total. The van der Waals surface area contributed by atoms with Gasteiger partial charge in [0.05, 0.1) is 0 Å². The van der Waals surface area contributed by atoms with Gasteiger partial charge in [-0.25, -0.2) is 0 Å². The van der Waals surface area contributed by atoms with E-state index in [0.717, 1.165) is 11.3 Å². The highest BCUT2D eigenvalue weighted by molar-refractivity contribution is 5.64. The normalized spacial score (nSPS) is 10.5. The fraction of sp³-hybridized carbons (Fsp3) is 0.0667. The van der Waals surface area contributed by atoms with Crippen molar-refractivity contribution in [1.82, 2.24) is 10.1 Å². The van der Waals surface area contributed by atoms with Gasteiger partial charge >= 0.3 is 0 Å². The minimum absolute atomic E-state index is 0.190. The summed E-state index contributed by atoms with van der Waals surface area (Å²) in [4.78, 5) is 4.29. The molecule has 0 atom stereocenters. The summed E-state index contributed by atoms with van der Waals surface area (Å²) in [5.74, 6) is 0.320. The number of nitrogens with zero attached hydrogens (tertiary/aromatic N) is 2. The first-order valence-corrected chi connectivity index (χ1v) is 6.31. The maximum absolute atomic E-state index is 9.50. The number of benzene rings is 2. The monoisotopic (exact) mass is 283 g/mol. The molecular weight excluding hydrogens is 270 g/mol. The topological polar surface area (TPSA) is 91.4 Å². The number of hydrogen-bond acceptors (Lipinski definition) is 6. The maximum Gasteiger partial charge on any atom is 0.258 e. The van der Waals surface area contributed by atoms with Crippen molar-refractivity contribution in [3.63, 3.8) is 0 Å². The molecule has 0 fully saturated rings. The third kappa shape index (κ3) is 2.51. The van der Waals surface area contributed by atoms with Gasteiger partial charge in [-0.05, 0) is 42.5 Å². The second-order valence-electron chi connectivity index (χ2n) is 4.45. The van der Waals surface area contributed by atoms with Gasteiger partial charge < -0.3 is 20.1 Å². The lowest BCUT2D eigenvalue weighted by atomic mass is 10.2. The van der Waals surface area contributed by atoms with Crippen LogP contribution in [0, 0.1) is 0 Å². The first-order chi connectivity index (χ1) is 10.2. The molecule has 0 saturated carbocycles. The summed E-state index contributed by atoms with van der Waals surface area (Å²) in [6.07, 6.45) is 0. The van der Waals surface area contributed by atoms with Crippen LogP contribution in [-0.4, -0.2) is 27.4 Å². The van der Waals surface area contributed by atoms with Crippen LogP contribution >= 0.6 is 0 Å². The Balaban J connectivity index is 1.93. The molecule has 1 heterocycles. The van der Waals surface area contributed by atoms with Gasteiger partial charge in [0, 0.05) is 23.9 Å². The lowest BCUT2D eigenvalue weighted by Crippen LogP contribution is -1.87. The molecule has 0 saturated heterocycles. The molecule has 0 bridgehead atoms. The van der Waals surface area contributed by atoms with Crippen molar-refractivity contribution in [2.75, 3.05) is 12.4 Å². The van der Waals surface area contributed by atoms with Crippen molar-refractivity contribution < 1.29 is 14.7 Å². The van der Waals surface area contributed by atoms with E-state index in [1.807, 2.05) is 31.3 Å². The van der Waals surface area contributed by atoms with Crippen LogP contribution in [-0.2, 0) is 0 Å². The van der Waals surface area contributed by atoms with E-state index in [9.17, 15) is 10.2 Å². The van der Waals surface area contributed by atoms with Gasteiger partial charge in [-0.2, -0.15) is 4.98 Å². The number of phenolic OH excluding ortho intramolecular Hbond substituents is 2. The van der Waals surface area contributed by atoms with Crippen molar-refractivity contribution in [3.8, 4) is 34.3 Å². The standard InChI is InChI=1S/C15H13N3O3/c1-16-11-5-2-9(3-6-11)15-17-14(18-21-15)10-4-7-12(19)13(20)8-10/h2-8,16,19-20H,1H3. The number of aromatic nitrogens is 2. The molecule has 0 aliphatic heterocycles. The molecule has 0 radical (unpaired) electrons. The molecule has 0 aliphatic rings. The van der Waals surface area contributed by atoms with Crippen molar-refractivity contribution >= 4 is 5.69 Å². The summed E-state index contributed by atoms with van der Waals surface area (Å²) in [7, 11) is 1.84. The van der Waals surface area contributed by atoms with E-state index in [2.05, 4.69) is 15.5 Å². The number of rotatable bonds is 3. The van der Waals surface area contributed by atoms with Gasteiger partial charge in [-0.3, -0.25) is 0 Å². The third-order valence-electron chi connectivity index (χ3n) is 3.08. The molecule has 21 heavy (non-hydrogen) atoms. The van der Waals surface area contributed by atoms with Gasteiger partial charge in [-0.1, -0.05) is 5.16 Å². The van der Waals surface area contributed by atoms with Crippen LogP contribution in [0.5, 0.6) is 11.5 Å². The highest BCUT2D eigenvalue weighted by Gasteiger charge is 2.12. The fourth-order valence-electron chi connectivity index (χ4n) is 1.90. The first-order valence-electron chi connectivity index (χ1n) is 6.31. The van der Waals surface area contributed by atoms with Crippen LogP contribution in [0.25, 0.3) is 22.8 Å². The van der Waals surface area contributed by atoms with Gasteiger partial charge in [0.25, 0.3) is 5.89 Å². The molecule has 1 aromatic heterocycles. The molecule has 2 aromatic carbocycles. The molecule has 0 unspecified atom stereocenters. The van der Waals surface area contributed by atoms with Crippen LogP contribution in [0.2, 0.25) is 0 Å². The maximum atomic E-state index is 9.50. The Bertz CT molecular complexity index is 766. The number of aromatic hydroxyl groups is 2. The van der Waals surface area contributed by atoms with E-state index in [-0.39, 0.29) is 11.5 Å². The zero-order valence-corrected chi connectivity index (χ0v) is 11.2. The van der Waals surface area contributed by atoms with E-state index in [0.29, 0.717) is 17.3 Å². The number of nitrogens with one attached hydrogen (secondary N) is 1. The second kappa shape index (κ2) is 5.16. The Morgan fingerprint density at radius 1 is 0.952 bits per heavy atom. The lowest BCUT2D eigenvalue weighted by Gasteiger charge is -1.99. The number of hydrogen-bond donors (Lipinski definition) is 3. The zero-order valence-electron chi connectivity index (χ0n) is 11.2. The van der Waals surface area contributed by atoms with Gasteiger partial charge in [0.2, 0.25) is 5.82 Å². The predicted octanol–water partition coefficient (Wildman–Crippen LogP) is 2.86. The summed E-state index contributed by atoms with van der Waals surface area (Å²) in [6.45, 7) is 0. The Hall–Kier alpha value is -3.02. The molecule has 6 nitrogen and oxygen atoms in total. The van der Waals surface area contributed by atoms with Crippen LogP contribution in [0.4, 0.5) is 5.69 Å². The minimum atomic E-state index is -0.225. The molecule has 0 spiro atoms. The molecule has 0 aliphatic carbocycles. The predicted molar refractivity (Wildman–Crippen MR) is 78.0 cm³/mol. The number of phenols is 2. The quantitative estimate of drug-likeness (QED) is 0.640. The van der Waals surface area contributed by atoms with E-state index in [1.54, 1.807) is 6.07 Å². The first kappa shape index (κ1) is 13.0. The van der Waals surface area contributed by atoms with E-state index in [4.69, 9.17) is 4.52 Å². The molecule has 6 heteroatoms. The van der Waals surface area contributed by atoms with Crippen molar-refractivity contribution in [2.24, 2.45) is 0 Å². The highest BCUT2D eigenvalue weighted by atomic mass is 16.5. The van der Waals surface area contributed by atoms with Gasteiger partial charge in [-0.15, -0.1) is 0 Å². The smallest absolute Gasteiger partial charge is 0.258 e. The van der Waals surface area contributed by atoms with E-state index < -0.39 is 0 Å². The summed E-state index contributed by atoms with van der Waals surface area (Å²) in [5.41, 5.74) is 2.35. The van der Waals surface area contributed by atoms with Crippen molar-refractivity contribution in [3.05, 3.63) is 42.5 Å².